The van der Waals surface area contributed by atoms with Gasteiger partial charge in [0.15, 0.2) is 6.79 Å². The third-order valence-corrected chi connectivity index (χ3v) is 2.23. The Kier molecular flexibility index (Phi) is 5.77. The Bertz CT molecular complexity index is 454. The van der Waals surface area contributed by atoms with Crippen LogP contribution in [-0.4, -0.2) is 19.4 Å². The van der Waals surface area contributed by atoms with Crippen LogP contribution in [-0.2, 0) is 9.53 Å². The van der Waals surface area contributed by atoms with E-state index in [0.717, 1.165) is 0 Å². The highest BCUT2D eigenvalue weighted by Gasteiger charge is 2.10. The number of esters is 1. The van der Waals surface area contributed by atoms with E-state index in [-0.39, 0.29) is 12.2 Å². The van der Waals surface area contributed by atoms with Crippen LogP contribution in [0.25, 0.3) is 0 Å². The van der Waals surface area contributed by atoms with Gasteiger partial charge in [-0.25, -0.2) is 4.79 Å². The van der Waals surface area contributed by atoms with Crippen molar-refractivity contribution in [3.8, 4) is 11.5 Å². The molecule has 0 spiro atoms. The lowest BCUT2D eigenvalue weighted by atomic mass is 9.99. The van der Waals surface area contributed by atoms with Gasteiger partial charge in [-0.3, -0.25) is 0 Å². The van der Waals surface area contributed by atoms with E-state index in [9.17, 15) is 4.79 Å². The van der Waals surface area contributed by atoms with E-state index < -0.39 is 5.97 Å². The maximum absolute atomic E-state index is 11.3. The number of carbonyl (C=O) groups is 1. The van der Waals surface area contributed by atoms with Crippen molar-refractivity contribution in [2.45, 2.75) is 27.7 Å². The second kappa shape index (κ2) is 7.10. The van der Waals surface area contributed by atoms with Gasteiger partial charge in [0.1, 0.15) is 11.5 Å². The van der Waals surface area contributed by atoms with Gasteiger partial charge in [0.05, 0.1) is 6.61 Å². The average molecular weight is 278 g/mol. The van der Waals surface area contributed by atoms with Crippen LogP contribution < -0.4 is 9.47 Å². The molecular formula is C16H22O4. The Morgan fingerprint density at radius 2 is 1.70 bits per heavy atom. The summed E-state index contributed by atoms with van der Waals surface area (Å²) in [5, 5.41) is 0. The van der Waals surface area contributed by atoms with Crippen LogP contribution in [0.1, 0.15) is 27.7 Å². The average Bonchev–Trinajstić information content (AvgIpc) is 2.35. The lowest BCUT2D eigenvalue weighted by Gasteiger charge is -2.18. The highest BCUT2D eigenvalue weighted by Crippen LogP contribution is 2.19. The van der Waals surface area contributed by atoms with Crippen molar-refractivity contribution in [3.05, 3.63) is 36.4 Å². The maximum atomic E-state index is 11.3. The summed E-state index contributed by atoms with van der Waals surface area (Å²) in [6, 6.07) is 6.78. The molecule has 4 nitrogen and oxygen atoms in total. The standard InChI is InChI=1S/C16H22O4/c1-12(2)15(17)20-14-8-6-13(7-9-14)19-11-18-10-16(3,4)5/h6-9H,1,10-11H2,2-5H3. The minimum absolute atomic E-state index is 0.115. The number of carbonyl (C=O) groups excluding carboxylic acids is 1. The maximum Gasteiger partial charge on any atom is 0.338 e. The van der Waals surface area contributed by atoms with Crippen LogP contribution >= 0.6 is 0 Å². The summed E-state index contributed by atoms with van der Waals surface area (Å²) in [6.45, 7) is 12.2. The topological polar surface area (TPSA) is 44.8 Å². The van der Waals surface area contributed by atoms with E-state index in [4.69, 9.17) is 14.2 Å². The van der Waals surface area contributed by atoms with E-state index in [1.165, 1.54) is 0 Å². The molecule has 0 amide bonds. The summed E-state index contributed by atoms with van der Waals surface area (Å²) in [7, 11) is 0. The van der Waals surface area contributed by atoms with Crippen LogP contribution in [0.15, 0.2) is 36.4 Å². The van der Waals surface area contributed by atoms with Gasteiger partial charge in [-0.2, -0.15) is 0 Å². The van der Waals surface area contributed by atoms with Crippen molar-refractivity contribution < 1.29 is 19.0 Å². The molecule has 0 fully saturated rings. The predicted octanol–water partition coefficient (Wildman–Crippen LogP) is 3.57. The molecule has 0 atom stereocenters. The highest BCUT2D eigenvalue weighted by molar-refractivity contribution is 5.88. The van der Waals surface area contributed by atoms with Crippen LogP contribution in [0.4, 0.5) is 0 Å². The zero-order valence-electron chi connectivity index (χ0n) is 12.6. The summed E-state index contributed by atoms with van der Waals surface area (Å²) in [6.07, 6.45) is 0. The van der Waals surface area contributed by atoms with Gasteiger partial charge < -0.3 is 14.2 Å². The first-order valence-electron chi connectivity index (χ1n) is 6.46. The quantitative estimate of drug-likeness (QED) is 0.262. The van der Waals surface area contributed by atoms with Crippen molar-refractivity contribution in [1.82, 2.24) is 0 Å². The van der Waals surface area contributed by atoms with Crippen molar-refractivity contribution in [1.29, 1.82) is 0 Å². The molecule has 1 rings (SSSR count). The largest absolute Gasteiger partial charge is 0.468 e. The van der Waals surface area contributed by atoms with Gasteiger partial charge in [0.25, 0.3) is 0 Å². The summed E-state index contributed by atoms with van der Waals surface area (Å²) < 4.78 is 15.9. The fourth-order valence-corrected chi connectivity index (χ4v) is 1.26. The Morgan fingerprint density at radius 3 is 2.20 bits per heavy atom. The lowest BCUT2D eigenvalue weighted by molar-refractivity contribution is -0.130. The van der Waals surface area contributed by atoms with Crippen molar-refractivity contribution in [3.63, 3.8) is 0 Å². The van der Waals surface area contributed by atoms with Gasteiger partial charge in [-0.05, 0) is 36.6 Å². The van der Waals surface area contributed by atoms with Gasteiger partial charge >= 0.3 is 5.97 Å². The third kappa shape index (κ3) is 6.38. The van der Waals surface area contributed by atoms with E-state index in [1.54, 1.807) is 31.2 Å². The molecule has 0 N–H and O–H groups in total. The molecule has 0 aliphatic carbocycles. The number of hydrogen-bond acceptors (Lipinski definition) is 4. The van der Waals surface area contributed by atoms with Crippen LogP contribution in [0, 0.1) is 5.41 Å². The number of hydrogen-bond donors (Lipinski definition) is 0. The molecule has 110 valence electrons. The molecular weight excluding hydrogens is 256 g/mol. The van der Waals surface area contributed by atoms with Crippen LogP contribution in [0.3, 0.4) is 0 Å². The SMILES string of the molecule is C=C(C)C(=O)Oc1ccc(OCOCC(C)(C)C)cc1. The molecule has 0 bridgehead atoms. The van der Waals surface area contributed by atoms with Gasteiger partial charge in [0, 0.05) is 5.57 Å². The zero-order chi connectivity index (χ0) is 15.2. The molecule has 4 heteroatoms. The monoisotopic (exact) mass is 278 g/mol. The molecule has 0 radical (unpaired) electrons. The fraction of sp³-hybridized carbons (Fsp3) is 0.438. The van der Waals surface area contributed by atoms with E-state index in [2.05, 4.69) is 27.4 Å². The number of ether oxygens (including phenoxy) is 3. The lowest BCUT2D eigenvalue weighted by Crippen LogP contribution is -2.16. The third-order valence-electron chi connectivity index (χ3n) is 2.23. The van der Waals surface area contributed by atoms with Crippen molar-refractivity contribution in [2.24, 2.45) is 5.41 Å². The summed E-state index contributed by atoms with van der Waals surface area (Å²) in [5.41, 5.74) is 0.477. The highest BCUT2D eigenvalue weighted by atomic mass is 16.7. The molecule has 1 aromatic carbocycles. The number of rotatable bonds is 6. The van der Waals surface area contributed by atoms with Gasteiger partial charge in [-0.15, -0.1) is 0 Å². The molecule has 0 unspecified atom stereocenters. The first-order valence-corrected chi connectivity index (χ1v) is 6.46. The normalized spacial score (nSPS) is 11.0. The van der Waals surface area contributed by atoms with E-state index in [1.807, 2.05) is 0 Å². The predicted molar refractivity (Wildman–Crippen MR) is 77.8 cm³/mol. The molecule has 0 aromatic heterocycles. The summed E-state index contributed by atoms with van der Waals surface area (Å²) in [4.78, 5) is 11.3. The molecule has 0 saturated carbocycles. The number of benzene rings is 1. The smallest absolute Gasteiger partial charge is 0.338 e. The molecule has 0 saturated heterocycles. The Balaban J connectivity index is 2.39. The first kappa shape index (κ1) is 16.2. The Hall–Kier alpha value is -1.81. The molecule has 0 aliphatic rings. The Morgan fingerprint density at radius 1 is 1.15 bits per heavy atom. The summed E-state index contributed by atoms with van der Waals surface area (Å²) >= 11 is 0. The van der Waals surface area contributed by atoms with Crippen molar-refractivity contribution >= 4 is 5.97 Å². The van der Waals surface area contributed by atoms with Crippen LogP contribution in [0.2, 0.25) is 0 Å². The van der Waals surface area contributed by atoms with E-state index >= 15 is 0 Å². The van der Waals surface area contributed by atoms with Crippen LogP contribution in [0.5, 0.6) is 11.5 Å². The van der Waals surface area contributed by atoms with Crippen molar-refractivity contribution in [2.75, 3.05) is 13.4 Å². The second-order valence-electron chi connectivity index (χ2n) is 5.81. The molecule has 1 aromatic rings. The molecule has 0 heterocycles. The minimum Gasteiger partial charge on any atom is -0.468 e. The fourth-order valence-electron chi connectivity index (χ4n) is 1.26. The second-order valence-corrected chi connectivity index (χ2v) is 5.81. The van der Waals surface area contributed by atoms with Gasteiger partial charge in [0.2, 0.25) is 0 Å². The molecule has 0 aliphatic heterocycles. The first-order chi connectivity index (χ1) is 9.28. The minimum atomic E-state index is -0.438. The van der Waals surface area contributed by atoms with Gasteiger partial charge in [-0.1, -0.05) is 27.4 Å². The Labute approximate surface area is 120 Å². The molecule has 20 heavy (non-hydrogen) atoms. The zero-order valence-corrected chi connectivity index (χ0v) is 12.6. The van der Waals surface area contributed by atoms with E-state index in [0.29, 0.717) is 23.7 Å². The summed E-state index contributed by atoms with van der Waals surface area (Å²) in [5.74, 6) is 0.683.